The average molecular weight is 1090 g/mol. The number of rotatable bonds is 26. The summed E-state index contributed by atoms with van der Waals surface area (Å²) in [5, 5.41) is 45.8. The maximum absolute atomic E-state index is 11.6. The second-order valence-corrected chi connectivity index (χ2v) is 19.6. The summed E-state index contributed by atoms with van der Waals surface area (Å²) in [5.74, 6) is 5.51. The normalized spacial score (nSPS) is 19.1. The third-order valence-corrected chi connectivity index (χ3v) is 14.7. The highest BCUT2D eigenvalue weighted by Gasteiger charge is 2.41. The third-order valence-electron chi connectivity index (χ3n) is 14.7. The Hall–Kier alpha value is -7.28. The van der Waals surface area contributed by atoms with E-state index in [9.17, 15) is 20.4 Å². The maximum atomic E-state index is 11.6. The molecule has 1 saturated heterocycles. The van der Waals surface area contributed by atoms with E-state index in [0.717, 1.165) is 11.1 Å². The summed E-state index contributed by atoms with van der Waals surface area (Å²) in [6.07, 6.45) is -7.77. The van der Waals surface area contributed by atoms with Gasteiger partial charge < -0.3 is 82.0 Å². The van der Waals surface area contributed by atoms with Gasteiger partial charge in [0, 0.05) is 0 Å². The van der Waals surface area contributed by atoms with Gasteiger partial charge in [0.05, 0.1) is 69.1 Å². The number of benzene rings is 6. The molecule has 1 fully saturated rings. The van der Waals surface area contributed by atoms with E-state index in [1.807, 2.05) is 36.4 Å². The fourth-order valence-electron chi connectivity index (χ4n) is 9.79. The molecule has 0 spiro atoms. The van der Waals surface area contributed by atoms with E-state index in [0.29, 0.717) is 91.2 Å². The van der Waals surface area contributed by atoms with Crippen LogP contribution in [0, 0.1) is 11.8 Å². The standard InChI is InChI=1S/C62H76O17/c1-33-34(2)62(44-20-26-50(54(32-44)74-14)76-36(4)58(64)42-18-24-48(70-10)56(30-42)78-38(6)60(66)40-16-22-46(68-8)52(28-40)72-12)79-61(33)43-19-25-49(53(31-43)73-13)75-35(3)57(63)41-17-23-47(69-9)55(29-41)77-37(5)59(65)39-15-21-45(67-7)51(27-39)71-11/h15-38,57-66H,1-14H3/t33-,34-,35-,36?,37-,38-,57+,58+,59+,60+,61+,62+/m1/s1. The maximum Gasteiger partial charge on any atom is 0.162 e. The van der Waals surface area contributed by atoms with Crippen molar-refractivity contribution in [3.8, 4) is 69.0 Å². The van der Waals surface area contributed by atoms with E-state index in [4.69, 9.17) is 61.6 Å². The molecule has 0 saturated carbocycles. The molecule has 0 bridgehead atoms. The monoisotopic (exact) mass is 1090 g/mol. The Kier molecular flexibility index (Phi) is 20.0. The van der Waals surface area contributed by atoms with Crippen molar-refractivity contribution in [1.29, 1.82) is 0 Å². The summed E-state index contributed by atoms with van der Waals surface area (Å²) in [6, 6.07) is 31.9. The predicted molar refractivity (Wildman–Crippen MR) is 296 cm³/mol. The van der Waals surface area contributed by atoms with E-state index >= 15 is 0 Å². The Morgan fingerprint density at radius 3 is 0.810 bits per heavy atom. The summed E-state index contributed by atoms with van der Waals surface area (Å²) in [7, 11) is 12.3. The predicted octanol–water partition coefficient (Wildman–Crippen LogP) is 10.8. The van der Waals surface area contributed by atoms with Crippen LogP contribution in [0.5, 0.6) is 69.0 Å². The van der Waals surface area contributed by atoms with Gasteiger partial charge in [-0.15, -0.1) is 0 Å². The number of aliphatic hydroxyl groups excluding tert-OH is 4. The molecule has 17 heteroatoms. The number of hydrogen-bond donors (Lipinski definition) is 4. The molecule has 6 aromatic carbocycles. The lowest BCUT2D eigenvalue weighted by Gasteiger charge is -2.25. The second kappa shape index (κ2) is 26.6. The van der Waals surface area contributed by atoms with Crippen LogP contribution in [0.3, 0.4) is 0 Å². The lowest BCUT2D eigenvalue weighted by Crippen LogP contribution is -2.23. The van der Waals surface area contributed by atoms with Crippen molar-refractivity contribution in [2.75, 3.05) is 56.9 Å². The van der Waals surface area contributed by atoms with Gasteiger partial charge in [-0.2, -0.15) is 0 Å². The molecule has 1 aliphatic heterocycles. The van der Waals surface area contributed by atoms with Crippen LogP contribution in [0.4, 0.5) is 0 Å². The van der Waals surface area contributed by atoms with Gasteiger partial charge in [-0.05, 0) is 146 Å². The first kappa shape index (κ1) is 59.4. The van der Waals surface area contributed by atoms with Gasteiger partial charge in [-0.1, -0.05) is 50.2 Å². The third kappa shape index (κ3) is 13.3. The average Bonchev–Trinajstić information content (AvgIpc) is 3.78. The van der Waals surface area contributed by atoms with Gasteiger partial charge >= 0.3 is 0 Å². The zero-order chi connectivity index (χ0) is 57.2. The molecule has 6 aromatic rings. The number of methoxy groups -OCH3 is 8. The van der Waals surface area contributed by atoms with Crippen LogP contribution >= 0.6 is 0 Å². The fourth-order valence-corrected chi connectivity index (χ4v) is 9.79. The van der Waals surface area contributed by atoms with Crippen molar-refractivity contribution < 1.29 is 82.0 Å². The number of ether oxygens (including phenoxy) is 13. The molecular formula is C62H76O17. The SMILES string of the molecule is COc1ccc([C@@H](O)[C@@H](C)Oc2cc([C@@H](O)C(C)Oc3ccc([C@H]4O[C@H](c5ccc(O[C@H](C)[C@H](O)c6ccc(OC)c(O[C@H](C)[C@H](O)c7ccc(OC)c(OC)c7)c6)c(OC)c5)[C@H](C)[C@H]4C)cc3OC)ccc2OC)cc1OC. The first-order valence-corrected chi connectivity index (χ1v) is 26.1. The van der Waals surface area contributed by atoms with Crippen molar-refractivity contribution in [2.24, 2.45) is 11.8 Å². The minimum atomic E-state index is -1.10. The summed E-state index contributed by atoms with van der Waals surface area (Å²) >= 11 is 0. The van der Waals surface area contributed by atoms with E-state index in [-0.39, 0.29) is 24.0 Å². The molecule has 12 atom stereocenters. The first-order valence-electron chi connectivity index (χ1n) is 26.1. The minimum Gasteiger partial charge on any atom is -0.493 e. The van der Waals surface area contributed by atoms with Crippen LogP contribution in [0.1, 0.15) is 112 Å². The van der Waals surface area contributed by atoms with Crippen molar-refractivity contribution in [3.63, 3.8) is 0 Å². The van der Waals surface area contributed by atoms with Crippen LogP contribution in [0.2, 0.25) is 0 Å². The van der Waals surface area contributed by atoms with Gasteiger partial charge in [-0.3, -0.25) is 0 Å². The molecule has 0 aliphatic carbocycles. The van der Waals surface area contributed by atoms with E-state index in [2.05, 4.69) is 13.8 Å². The molecule has 79 heavy (non-hydrogen) atoms. The Balaban J connectivity index is 0.994. The topological polar surface area (TPSA) is 201 Å². The highest BCUT2D eigenvalue weighted by molar-refractivity contribution is 5.50. The number of hydrogen-bond acceptors (Lipinski definition) is 17. The van der Waals surface area contributed by atoms with Gasteiger partial charge in [-0.25, -0.2) is 0 Å². The van der Waals surface area contributed by atoms with E-state index in [1.54, 1.807) is 129 Å². The Morgan fingerprint density at radius 1 is 0.304 bits per heavy atom. The second-order valence-electron chi connectivity index (χ2n) is 19.6. The number of aliphatic hydroxyl groups is 4. The fraction of sp³-hybridized carbons (Fsp3) is 0.419. The smallest absolute Gasteiger partial charge is 0.162 e. The summed E-state index contributed by atoms with van der Waals surface area (Å²) < 4.78 is 76.5. The molecule has 1 unspecified atom stereocenters. The zero-order valence-corrected chi connectivity index (χ0v) is 47.4. The molecule has 17 nitrogen and oxygen atoms in total. The summed E-state index contributed by atoms with van der Waals surface area (Å²) in [5.41, 5.74) is 3.95. The van der Waals surface area contributed by atoms with Crippen LogP contribution in [-0.2, 0) is 4.74 Å². The molecule has 4 N–H and O–H groups in total. The van der Waals surface area contributed by atoms with E-state index < -0.39 is 48.8 Å². The Bertz CT molecular complexity index is 2770. The van der Waals surface area contributed by atoms with E-state index in [1.165, 1.54) is 28.4 Å². The molecular weight excluding hydrogens is 1020 g/mol. The van der Waals surface area contributed by atoms with Gasteiger partial charge in [0.25, 0.3) is 0 Å². The van der Waals surface area contributed by atoms with Gasteiger partial charge in [0.1, 0.15) is 48.8 Å². The van der Waals surface area contributed by atoms with Crippen molar-refractivity contribution in [3.05, 3.63) is 143 Å². The first-order chi connectivity index (χ1) is 37.9. The minimum absolute atomic E-state index is 0.0873. The van der Waals surface area contributed by atoms with Crippen LogP contribution in [0.15, 0.2) is 109 Å². The molecule has 1 aliphatic rings. The lowest BCUT2D eigenvalue weighted by molar-refractivity contribution is 0.0281. The van der Waals surface area contributed by atoms with Crippen LogP contribution < -0.4 is 56.8 Å². The quantitative estimate of drug-likeness (QED) is 0.0399. The summed E-state index contributed by atoms with van der Waals surface area (Å²) in [6.45, 7) is 11.3. The van der Waals surface area contributed by atoms with Crippen molar-refractivity contribution >= 4 is 0 Å². The Morgan fingerprint density at radius 2 is 0.532 bits per heavy atom. The van der Waals surface area contributed by atoms with Crippen LogP contribution in [-0.4, -0.2) is 102 Å². The Labute approximate surface area is 463 Å². The summed E-state index contributed by atoms with van der Waals surface area (Å²) in [4.78, 5) is 0. The van der Waals surface area contributed by atoms with Crippen LogP contribution in [0.25, 0.3) is 0 Å². The zero-order valence-electron chi connectivity index (χ0n) is 47.4. The van der Waals surface area contributed by atoms with Crippen molar-refractivity contribution in [1.82, 2.24) is 0 Å². The highest BCUT2D eigenvalue weighted by Crippen LogP contribution is 2.51. The molecule has 1 heterocycles. The molecule has 426 valence electrons. The largest absolute Gasteiger partial charge is 0.493 e. The highest BCUT2D eigenvalue weighted by atomic mass is 16.6. The molecule has 0 amide bonds. The lowest BCUT2D eigenvalue weighted by atomic mass is 9.85. The molecule has 7 rings (SSSR count). The van der Waals surface area contributed by atoms with Crippen molar-refractivity contribution in [2.45, 2.75) is 103 Å². The molecule has 0 aromatic heterocycles. The molecule has 0 radical (unpaired) electrons. The van der Waals surface area contributed by atoms with Gasteiger partial charge in [0.15, 0.2) is 69.0 Å². The van der Waals surface area contributed by atoms with Gasteiger partial charge in [0.2, 0.25) is 0 Å².